The summed E-state index contributed by atoms with van der Waals surface area (Å²) in [5.74, 6) is 0.616. The molecule has 4 nitrogen and oxygen atoms in total. The molecule has 146 valence electrons. The molecule has 4 heteroatoms. The van der Waals surface area contributed by atoms with Gasteiger partial charge in [0.25, 0.3) is 0 Å². The molecule has 0 amide bonds. The summed E-state index contributed by atoms with van der Waals surface area (Å²) in [6.45, 7) is 13.4. The number of β-amino-alcohol motifs (C(OH)–C–C–N with tert-alkyl or cyclic N) is 1. The van der Waals surface area contributed by atoms with Gasteiger partial charge < -0.3 is 5.11 Å². The zero-order valence-corrected chi connectivity index (χ0v) is 16.4. The Hall–Kier alpha value is -1.26. The van der Waals surface area contributed by atoms with Gasteiger partial charge in [0.2, 0.25) is 0 Å². The number of fused-ring (bicyclic) bond motifs is 2. The lowest BCUT2D eigenvalue weighted by molar-refractivity contribution is -0.197. The topological polar surface area (TPSA) is 57.6 Å². The predicted molar refractivity (Wildman–Crippen MR) is 103 cm³/mol. The molecule has 0 aromatic rings. The van der Waals surface area contributed by atoms with Crippen molar-refractivity contribution in [1.82, 2.24) is 4.90 Å². The summed E-state index contributed by atoms with van der Waals surface area (Å²) in [6.07, 6.45) is 5.86. The molecule has 0 radical (unpaired) electrons. The standard InChI is InChI=1S/C23H31NO3/c1-14-16-5-8-23(19(14)26)17(11-16)22-7-4-6-21(3,12-24(13-22)9-10-25)18(22)15(2)20(23)27/h16-18,25H,1-2,4-13H2,3H3/t16-,17?,18?,21-,22+,23?/m0/s1. The number of rotatable bonds is 2. The second kappa shape index (κ2) is 5.42. The van der Waals surface area contributed by atoms with Crippen LogP contribution in [0.2, 0.25) is 0 Å². The van der Waals surface area contributed by atoms with E-state index in [2.05, 4.69) is 25.0 Å². The minimum absolute atomic E-state index is 0.0107. The highest BCUT2D eigenvalue weighted by atomic mass is 16.3. The van der Waals surface area contributed by atoms with E-state index in [0.29, 0.717) is 18.5 Å². The zero-order chi connectivity index (χ0) is 19.2. The second-order valence-electron chi connectivity index (χ2n) is 10.3. The smallest absolute Gasteiger partial charge is 0.172 e. The van der Waals surface area contributed by atoms with E-state index < -0.39 is 5.41 Å². The van der Waals surface area contributed by atoms with Gasteiger partial charge in [-0.1, -0.05) is 26.5 Å². The highest BCUT2D eigenvalue weighted by Gasteiger charge is 2.73. The van der Waals surface area contributed by atoms with Gasteiger partial charge in [-0.05, 0) is 65.9 Å². The fourth-order valence-corrected chi connectivity index (χ4v) is 8.44. The molecule has 5 saturated carbocycles. The van der Waals surface area contributed by atoms with Crippen molar-refractivity contribution in [3.63, 3.8) is 0 Å². The molecule has 1 aliphatic heterocycles. The van der Waals surface area contributed by atoms with Crippen molar-refractivity contribution in [2.24, 2.45) is 34.0 Å². The third kappa shape index (κ3) is 1.91. The van der Waals surface area contributed by atoms with Crippen LogP contribution < -0.4 is 0 Å². The first kappa shape index (κ1) is 17.8. The van der Waals surface area contributed by atoms with Gasteiger partial charge in [-0.3, -0.25) is 14.5 Å². The van der Waals surface area contributed by atoms with Gasteiger partial charge in [-0.25, -0.2) is 0 Å². The van der Waals surface area contributed by atoms with Crippen LogP contribution in [0, 0.1) is 34.0 Å². The van der Waals surface area contributed by atoms with Crippen molar-refractivity contribution in [1.29, 1.82) is 0 Å². The molecular weight excluding hydrogens is 338 g/mol. The summed E-state index contributed by atoms with van der Waals surface area (Å²) < 4.78 is 0. The van der Waals surface area contributed by atoms with E-state index in [4.69, 9.17) is 0 Å². The van der Waals surface area contributed by atoms with Crippen molar-refractivity contribution in [3.8, 4) is 0 Å². The van der Waals surface area contributed by atoms with E-state index in [0.717, 1.165) is 50.8 Å². The van der Waals surface area contributed by atoms with Crippen LogP contribution in [0.1, 0.15) is 45.4 Å². The molecule has 0 aromatic heterocycles. The van der Waals surface area contributed by atoms with Gasteiger partial charge in [0, 0.05) is 25.6 Å². The molecule has 6 fully saturated rings. The predicted octanol–water partition coefficient (Wildman–Crippen LogP) is 2.77. The van der Waals surface area contributed by atoms with Crippen molar-refractivity contribution in [2.75, 3.05) is 26.2 Å². The number of piperidine rings is 1. The fourth-order valence-electron chi connectivity index (χ4n) is 8.44. The van der Waals surface area contributed by atoms with Crippen LogP contribution >= 0.6 is 0 Å². The van der Waals surface area contributed by atoms with Crippen molar-refractivity contribution in [3.05, 3.63) is 24.3 Å². The minimum atomic E-state index is -0.889. The maximum atomic E-state index is 13.7. The maximum Gasteiger partial charge on any atom is 0.172 e. The minimum Gasteiger partial charge on any atom is -0.395 e. The largest absolute Gasteiger partial charge is 0.395 e. The molecule has 0 aromatic carbocycles. The van der Waals surface area contributed by atoms with Crippen molar-refractivity contribution < 1.29 is 14.7 Å². The van der Waals surface area contributed by atoms with Crippen LogP contribution in [-0.4, -0.2) is 47.8 Å². The van der Waals surface area contributed by atoms with Gasteiger partial charge in [-0.2, -0.15) is 0 Å². The summed E-state index contributed by atoms with van der Waals surface area (Å²) in [7, 11) is 0. The molecule has 6 atom stereocenters. The van der Waals surface area contributed by atoms with Gasteiger partial charge in [0.15, 0.2) is 11.6 Å². The van der Waals surface area contributed by atoms with Crippen LogP contribution in [-0.2, 0) is 9.59 Å². The van der Waals surface area contributed by atoms with E-state index in [-0.39, 0.29) is 46.8 Å². The number of hydrogen-bond acceptors (Lipinski definition) is 4. The number of ketones is 2. The molecule has 4 bridgehead atoms. The lowest BCUT2D eigenvalue weighted by Gasteiger charge is -2.71. The molecule has 1 N–H and O–H groups in total. The Bertz CT molecular complexity index is 772. The zero-order valence-electron chi connectivity index (χ0n) is 16.4. The summed E-state index contributed by atoms with van der Waals surface area (Å²) in [5.41, 5.74) is 0.477. The van der Waals surface area contributed by atoms with Gasteiger partial charge in [0.05, 0.1) is 12.0 Å². The van der Waals surface area contributed by atoms with E-state index in [1.54, 1.807) is 0 Å². The molecule has 6 rings (SSSR count). The summed E-state index contributed by atoms with van der Waals surface area (Å²) in [6, 6.07) is 0. The number of Topliss-reactive ketones (excluding diaryl/α,β-unsaturated/α-hetero) is 2. The molecule has 1 spiro atoms. The summed E-state index contributed by atoms with van der Waals surface area (Å²) in [4.78, 5) is 29.5. The molecule has 1 saturated heterocycles. The van der Waals surface area contributed by atoms with Gasteiger partial charge in [0.1, 0.15) is 0 Å². The number of allylic oxidation sites excluding steroid dienone is 2. The third-order valence-corrected chi connectivity index (χ3v) is 9.11. The number of likely N-dealkylation sites (tertiary alicyclic amines) is 1. The number of carbonyl (C=O) groups is 2. The van der Waals surface area contributed by atoms with E-state index in [1.807, 2.05) is 0 Å². The Morgan fingerprint density at radius 3 is 2.59 bits per heavy atom. The highest BCUT2D eigenvalue weighted by Crippen LogP contribution is 2.72. The first-order valence-corrected chi connectivity index (χ1v) is 10.6. The Morgan fingerprint density at radius 2 is 1.85 bits per heavy atom. The molecular formula is C23H31NO3. The number of aliphatic hydroxyl groups excluding tert-OH is 1. The maximum absolute atomic E-state index is 13.7. The quantitative estimate of drug-likeness (QED) is 0.601. The second-order valence-corrected chi connectivity index (χ2v) is 10.3. The van der Waals surface area contributed by atoms with Crippen LogP contribution in [0.25, 0.3) is 0 Å². The van der Waals surface area contributed by atoms with Gasteiger partial charge in [-0.15, -0.1) is 0 Å². The van der Waals surface area contributed by atoms with Crippen molar-refractivity contribution >= 4 is 11.6 Å². The van der Waals surface area contributed by atoms with E-state index in [1.165, 1.54) is 0 Å². The fraction of sp³-hybridized carbons (Fsp3) is 0.739. The first-order valence-electron chi connectivity index (χ1n) is 10.6. The Kier molecular flexibility index (Phi) is 3.57. The van der Waals surface area contributed by atoms with Crippen LogP contribution in [0.15, 0.2) is 24.3 Å². The number of aliphatic hydroxyl groups is 1. The van der Waals surface area contributed by atoms with Crippen molar-refractivity contribution in [2.45, 2.75) is 45.4 Å². The lowest BCUT2D eigenvalue weighted by atomic mass is 9.34. The number of nitrogens with zero attached hydrogens (tertiary/aromatic N) is 1. The monoisotopic (exact) mass is 369 g/mol. The van der Waals surface area contributed by atoms with E-state index >= 15 is 0 Å². The van der Waals surface area contributed by atoms with Gasteiger partial charge >= 0.3 is 0 Å². The Labute approximate surface area is 161 Å². The summed E-state index contributed by atoms with van der Waals surface area (Å²) >= 11 is 0. The number of hydrogen-bond donors (Lipinski definition) is 1. The molecule has 5 aliphatic carbocycles. The third-order valence-electron chi connectivity index (χ3n) is 9.11. The highest BCUT2D eigenvalue weighted by molar-refractivity contribution is 6.21. The average molecular weight is 370 g/mol. The molecule has 1 heterocycles. The number of carbonyl (C=O) groups excluding carboxylic acids is 2. The van der Waals surface area contributed by atoms with Crippen LogP contribution in [0.4, 0.5) is 0 Å². The Morgan fingerprint density at radius 1 is 1.11 bits per heavy atom. The normalized spacial score (nSPS) is 49.2. The summed E-state index contributed by atoms with van der Waals surface area (Å²) in [5, 5.41) is 9.59. The Balaban J connectivity index is 1.70. The SMILES string of the molecule is C=C1C(=O)C23CC[C@@H](CC2[C@@]24CCC[C@@](C)(CN(CCO)C2)C14)C(=C)C3=O. The van der Waals surface area contributed by atoms with Crippen LogP contribution in [0.5, 0.6) is 0 Å². The average Bonchev–Trinajstić information content (AvgIpc) is 2.62. The molecule has 3 unspecified atom stereocenters. The van der Waals surface area contributed by atoms with Crippen LogP contribution in [0.3, 0.4) is 0 Å². The molecule has 6 aliphatic rings. The lowest BCUT2D eigenvalue weighted by Crippen LogP contribution is -2.73. The molecule has 27 heavy (non-hydrogen) atoms. The van der Waals surface area contributed by atoms with E-state index in [9.17, 15) is 14.7 Å². The first-order chi connectivity index (χ1) is 12.8.